The Labute approximate surface area is 106 Å². The smallest absolute Gasteiger partial charge is 0.149 e. The molecule has 1 unspecified atom stereocenters. The lowest BCUT2D eigenvalue weighted by Crippen LogP contribution is -2.10. The maximum absolute atomic E-state index is 4.15. The molecule has 0 saturated heterocycles. The van der Waals surface area contributed by atoms with Gasteiger partial charge in [0.25, 0.3) is 0 Å². The van der Waals surface area contributed by atoms with Crippen LogP contribution in [0.1, 0.15) is 36.4 Å². The number of aryl methyl sites for hydroxylation is 1. The van der Waals surface area contributed by atoms with Gasteiger partial charge in [0.2, 0.25) is 0 Å². The molecule has 0 aromatic carbocycles. The Morgan fingerprint density at radius 3 is 2.76 bits per heavy atom. The van der Waals surface area contributed by atoms with Crippen LogP contribution in [0.2, 0.25) is 0 Å². The topological polar surface area (TPSA) is 37.8 Å². The first-order valence-electron chi connectivity index (χ1n) is 5.90. The molecule has 0 fully saturated rings. The predicted molar refractivity (Wildman–Crippen MR) is 72.4 cm³/mol. The van der Waals surface area contributed by atoms with E-state index in [-0.39, 0.29) is 0 Å². The average Bonchev–Trinajstić information content (AvgIpc) is 2.85. The molecule has 2 heterocycles. The first-order valence-corrected chi connectivity index (χ1v) is 6.78. The molecule has 0 amide bonds. The average molecular weight is 247 g/mol. The van der Waals surface area contributed by atoms with Crippen molar-refractivity contribution in [2.24, 2.45) is 0 Å². The zero-order valence-electron chi connectivity index (χ0n) is 10.2. The Morgan fingerprint density at radius 1 is 1.29 bits per heavy atom. The number of rotatable bonds is 5. The van der Waals surface area contributed by atoms with Gasteiger partial charge in [-0.3, -0.25) is 0 Å². The van der Waals surface area contributed by atoms with E-state index >= 15 is 0 Å². The molecule has 0 saturated carbocycles. The summed E-state index contributed by atoms with van der Waals surface area (Å²) in [4.78, 5) is 1.36. The maximum atomic E-state index is 4.15. The molecule has 2 aromatic rings. The number of hydrogen-bond donors (Lipinski definition) is 1. The SMILES string of the molecule is CCCC(Nc1ccc(C)nn1)c1cccs1. The molecule has 0 aliphatic rings. The minimum Gasteiger partial charge on any atom is -0.361 e. The lowest BCUT2D eigenvalue weighted by molar-refractivity contribution is 0.682. The third-order valence-electron chi connectivity index (χ3n) is 2.58. The molecule has 0 bridgehead atoms. The van der Waals surface area contributed by atoms with Gasteiger partial charge in [0.1, 0.15) is 5.82 Å². The molecule has 3 nitrogen and oxygen atoms in total. The van der Waals surface area contributed by atoms with Gasteiger partial charge in [-0.15, -0.1) is 16.4 Å². The summed E-state index contributed by atoms with van der Waals surface area (Å²) in [5, 5.41) is 13.8. The Hall–Kier alpha value is -1.42. The van der Waals surface area contributed by atoms with Gasteiger partial charge in [-0.25, -0.2) is 0 Å². The number of hydrogen-bond acceptors (Lipinski definition) is 4. The van der Waals surface area contributed by atoms with Gasteiger partial charge < -0.3 is 5.32 Å². The number of anilines is 1. The van der Waals surface area contributed by atoms with Gasteiger partial charge in [0.15, 0.2) is 0 Å². The van der Waals surface area contributed by atoms with Gasteiger partial charge in [-0.1, -0.05) is 19.4 Å². The molecule has 4 heteroatoms. The Balaban J connectivity index is 2.10. The summed E-state index contributed by atoms with van der Waals surface area (Å²) in [7, 11) is 0. The molecular weight excluding hydrogens is 230 g/mol. The minimum atomic E-state index is 0.344. The van der Waals surface area contributed by atoms with Crippen LogP contribution in [0.3, 0.4) is 0 Å². The molecule has 2 aromatic heterocycles. The van der Waals surface area contributed by atoms with Gasteiger partial charge in [-0.05, 0) is 36.9 Å². The summed E-state index contributed by atoms with van der Waals surface area (Å²) in [6.45, 7) is 4.14. The van der Waals surface area contributed by atoms with E-state index < -0.39 is 0 Å². The van der Waals surface area contributed by atoms with Crippen LogP contribution < -0.4 is 5.32 Å². The molecule has 90 valence electrons. The summed E-state index contributed by atoms with van der Waals surface area (Å²) in [5.41, 5.74) is 0.943. The van der Waals surface area contributed by atoms with Crippen molar-refractivity contribution < 1.29 is 0 Å². The summed E-state index contributed by atoms with van der Waals surface area (Å²) >= 11 is 1.78. The highest BCUT2D eigenvalue weighted by molar-refractivity contribution is 7.10. The third-order valence-corrected chi connectivity index (χ3v) is 3.57. The fourth-order valence-electron chi connectivity index (χ4n) is 1.72. The van der Waals surface area contributed by atoms with E-state index in [9.17, 15) is 0 Å². The lowest BCUT2D eigenvalue weighted by Gasteiger charge is -2.16. The quantitative estimate of drug-likeness (QED) is 0.873. The van der Waals surface area contributed by atoms with Gasteiger partial charge in [-0.2, -0.15) is 5.10 Å². The maximum Gasteiger partial charge on any atom is 0.149 e. The van der Waals surface area contributed by atoms with Crippen LogP contribution in [0.25, 0.3) is 0 Å². The van der Waals surface area contributed by atoms with E-state index in [4.69, 9.17) is 0 Å². The lowest BCUT2D eigenvalue weighted by atomic mass is 10.1. The van der Waals surface area contributed by atoms with E-state index in [0.717, 1.165) is 24.4 Å². The minimum absolute atomic E-state index is 0.344. The molecule has 0 radical (unpaired) electrons. The van der Waals surface area contributed by atoms with Gasteiger partial charge in [0, 0.05) is 4.88 Å². The molecule has 0 aliphatic heterocycles. The fourth-order valence-corrected chi connectivity index (χ4v) is 2.53. The Morgan fingerprint density at radius 2 is 2.18 bits per heavy atom. The van der Waals surface area contributed by atoms with Crippen molar-refractivity contribution in [3.05, 3.63) is 40.2 Å². The molecule has 1 atom stereocenters. The van der Waals surface area contributed by atoms with Crippen molar-refractivity contribution in [1.29, 1.82) is 0 Å². The molecule has 17 heavy (non-hydrogen) atoms. The Kier molecular flexibility index (Phi) is 4.09. The van der Waals surface area contributed by atoms with Crippen LogP contribution in [0.15, 0.2) is 29.6 Å². The normalized spacial score (nSPS) is 12.4. The van der Waals surface area contributed by atoms with E-state index in [0.29, 0.717) is 6.04 Å². The second-order valence-corrected chi connectivity index (χ2v) is 5.04. The zero-order valence-corrected chi connectivity index (χ0v) is 11.0. The van der Waals surface area contributed by atoms with Crippen LogP contribution in [0.5, 0.6) is 0 Å². The summed E-state index contributed by atoms with van der Waals surface area (Å²) in [5.74, 6) is 0.849. The van der Waals surface area contributed by atoms with E-state index in [1.54, 1.807) is 11.3 Å². The standard InChI is InChI=1S/C13H17N3S/c1-3-5-11(12-6-4-9-17-12)14-13-8-7-10(2)15-16-13/h4,6-9,11H,3,5H2,1-2H3,(H,14,16). The number of nitrogens with one attached hydrogen (secondary N) is 1. The van der Waals surface area contributed by atoms with Crippen molar-refractivity contribution in [2.45, 2.75) is 32.7 Å². The monoisotopic (exact) mass is 247 g/mol. The van der Waals surface area contributed by atoms with E-state index in [1.165, 1.54) is 4.88 Å². The van der Waals surface area contributed by atoms with Crippen molar-refractivity contribution in [3.63, 3.8) is 0 Å². The largest absolute Gasteiger partial charge is 0.361 e. The van der Waals surface area contributed by atoms with E-state index in [2.05, 4.69) is 40.0 Å². The number of nitrogens with zero attached hydrogens (tertiary/aromatic N) is 2. The predicted octanol–water partition coefficient (Wildman–Crippen LogP) is 3.80. The van der Waals surface area contributed by atoms with Gasteiger partial charge in [0.05, 0.1) is 11.7 Å². The zero-order chi connectivity index (χ0) is 12.1. The second-order valence-electron chi connectivity index (χ2n) is 4.06. The highest BCUT2D eigenvalue weighted by Crippen LogP contribution is 2.26. The fraction of sp³-hybridized carbons (Fsp3) is 0.385. The highest BCUT2D eigenvalue weighted by atomic mass is 32.1. The molecule has 2 rings (SSSR count). The van der Waals surface area contributed by atoms with Crippen molar-refractivity contribution in [2.75, 3.05) is 5.32 Å². The summed E-state index contributed by atoms with van der Waals surface area (Å²) in [6, 6.07) is 8.56. The van der Waals surface area contributed by atoms with Crippen LogP contribution in [0.4, 0.5) is 5.82 Å². The molecule has 0 aliphatic carbocycles. The first-order chi connectivity index (χ1) is 8.29. The van der Waals surface area contributed by atoms with Crippen LogP contribution in [-0.4, -0.2) is 10.2 Å². The number of thiophene rings is 1. The van der Waals surface area contributed by atoms with Crippen LogP contribution in [0, 0.1) is 6.92 Å². The summed E-state index contributed by atoms with van der Waals surface area (Å²) in [6.07, 6.45) is 2.25. The van der Waals surface area contributed by atoms with Crippen LogP contribution in [-0.2, 0) is 0 Å². The van der Waals surface area contributed by atoms with Crippen molar-refractivity contribution in [1.82, 2.24) is 10.2 Å². The number of aromatic nitrogens is 2. The highest BCUT2D eigenvalue weighted by Gasteiger charge is 2.11. The Bertz CT molecular complexity index is 436. The third kappa shape index (κ3) is 3.27. The van der Waals surface area contributed by atoms with Crippen molar-refractivity contribution >= 4 is 17.2 Å². The second kappa shape index (κ2) is 5.77. The van der Waals surface area contributed by atoms with Crippen LogP contribution >= 0.6 is 11.3 Å². The summed E-state index contributed by atoms with van der Waals surface area (Å²) < 4.78 is 0. The van der Waals surface area contributed by atoms with Crippen molar-refractivity contribution in [3.8, 4) is 0 Å². The first kappa shape index (κ1) is 12.0. The molecule has 0 spiro atoms. The molecule has 1 N–H and O–H groups in total. The molecular formula is C13H17N3S. The van der Waals surface area contributed by atoms with Gasteiger partial charge >= 0.3 is 0 Å². The van der Waals surface area contributed by atoms with E-state index in [1.807, 2.05) is 19.1 Å².